The Morgan fingerprint density at radius 1 is 1.36 bits per heavy atom. The van der Waals surface area contributed by atoms with E-state index in [2.05, 4.69) is 30.0 Å². The van der Waals surface area contributed by atoms with Gasteiger partial charge < -0.3 is 10.6 Å². The van der Waals surface area contributed by atoms with Crippen LogP contribution in [-0.4, -0.2) is 12.2 Å². The lowest BCUT2D eigenvalue weighted by Crippen LogP contribution is -2.39. The van der Waals surface area contributed by atoms with E-state index in [1.807, 2.05) is 0 Å². The predicted molar refractivity (Wildman–Crippen MR) is 58.4 cm³/mol. The summed E-state index contributed by atoms with van der Waals surface area (Å²) in [5.41, 5.74) is 10.4. The molecule has 74 valence electrons. The maximum absolute atomic E-state index is 6.13. The molecule has 2 nitrogen and oxygen atoms in total. The minimum absolute atomic E-state index is 0.252. The van der Waals surface area contributed by atoms with Gasteiger partial charge in [0.2, 0.25) is 0 Å². The maximum Gasteiger partial charge on any atom is 0.0775 e. The lowest BCUT2D eigenvalue weighted by molar-refractivity contribution is 0.673. The average molecular weight is 188 g/mol. The van der Waals surface area contributed by atoms with E-state index < -0.39 is 0 Å². The zero-order chi connectivity index (χ0) is 9.71. The topological polar surface area (TPSA) is 29.3 Å². The molecule has 1 saturated heterocycles. The summed E-state index contributed by atoms with van der Waals surface area (Å²) in [6.07, 6.45) is 3.86. The van der Waals surface area contributed by atoms with E-state index in [9.17, 15) is 0 Å². The Labute approximate surface area is 84.7 Å². The molecule has 2 aliphatic rings. The molecule has 1 aromatic carbocycles. The lowest BCUT2D eigenvalue weighted by Gasteiger charge is -2.25. The monoisotopic (exact) mass is 188 g/mol. The zero-order valence-electron chi connectivity index (χ0n) is 8.53. The molecular formula is C12H16N2. The molecule has 2 N–H and O–H groups in total. The SMILES string of the molecule is Cc1cccc2c1N1C(N)CCC1C2. The fraction of sp³-hybridized carbons (Fsp3) is 0.500. The third-order valence-corrected chi connectivity index (χ3v) is 3.58. The molecule has 14 heavy (non-hydrogen) atoms. The highest BCUT2D eigenvalue weighted by molar-refractivity contribution is 5.65. The van der Waals surface area contributed by atoms with Gasteiger partial charge in [0.15, 0.2) is 0 Å². The normalized spacial score (nSPS) is 29.1. The van der Waals surface area contributed by atoms with Crippen LogP contribution < -0.4 is 10.6 Å². The molecule has 2 heterocycles. The third kappa shape index (κ3) is 0.947. The average Bonchev–Trinajstić information content (AvgIpc) is 2.67. The first kappa shape index (κ1) is 8.30. The van der Waals surface area contributed by atoms with Gasteiger partial charge in [-0.2, -0.15) is 0 Å². The lowest BCUT2D eigenvalue weighted by atomic mass is 10.0. The van der Waals surface area contributed by atoms with Crippen LogP contribution in [0.4, 0.5) is 5.69 Å². The molecule has 1 fully saturated rings. The third-order valence-electron chi connectivity index (χ3n) is 3.58. The van der Waals surface area contributed by atoms with Crippen molar-refractivity contribution in [3.8, 4) is 0 Å². The summed E-state index contributed by atoms with van der Waals surface area (Å²) < 4.78 is 0. The van der Waals surface area contributed by atoms with Gasteiger partial charge in [0.05, 0.1) is 6.17 Å². The highest BCUT2D eigenvalue weighted by Gasteiger charge is 2.38. The van der Waals surface area contributed by atoms with Crippen LogP contribution in [0.1, 0.15) is 24.0 Å². The summed E-state index contributed by atoms with van der Waals surface area (Å²) in [5.74, 6) is 0. The minimum Gasteiger partial charge on any atom is -0.352 e. The second kappa shape index (κ2) is 2.74. The van der Waals surface area contributed by atoms with Crippen molar-refractivity contribution < 1.29 is 0 Å². The van der Waals surface area contributed by atoms with Crippen LogP contribution in [-0.2, 0) is 6.42 Å². The van der Waals surface area contributed by atoms with Crippen molar-refractivity contribution in [3.05, 3.63) is 29.3 Å². The minimum atomic E-state index is 0.252. The first-order valence-electron chi connectivity index (χ1n) is 5.40. The summed E-state index contributed by atoms with van der Waals surface area (Å²) >= 11 is 0. The van der Waals surface area contributed by atoms with Crippen molar-refractivity contribution in [3.63, 3.8) is 0 Å². The first-order chi connectivity index (χ1) is 6.77. The Balaban J connectivity index is 2.13. The van der Waals surface area contributed by atoms with Gasteiger partial charge in [-0.1, -0.05) is 18.2 Å². The highest BCUT2D eigenvalue weighted by Crippen LogP contribution is 2.41. The Bertz CT molecular complexity index is 373. The van der Waals surface area contributed by atoms with Crippen molar-refractivity contribution in [1.82, 2.24) is 0 Å². The number of aryl methyl sites for hydroxylation is 1. The molecule has 1 aromatic rings. The van der Waals surface area contributed by atoms with Gasteiger partial charge in [-0.05, 0) is 37.3 Å². The fourth-order valence-electron chi connectivity index (χ4n) is 2.97. The van der Waals surface area contributed by atoms with Crippen LogP contribution in [0.3, 0.4) is 0 Å². The van der Waals surface area contributed by atoms with Crippen LogP contribution >= 0.6 is 0 Å². The maximum atomic E-state index is 6.13. The Hall–Kier alpha value is -1.02. The van der Waals surface area contributed by atoms with E-state index >= 15 is 0 Å². The van der Waals surface area contributed by atoms with Gasteiger partial charge in [-0.15, -0.1) is 0 Å². The van der Waals surface area contributed by atoms with Gasteiger partial charge in [-0.3, -0.25) is 0 Å². The molecule has 2 unspecified atom stereocenters. The summed E-state index contributed by atoms with van der Waals surface area (Å²) in [6, 6.07) is 7.27. The van der Waals surface area contributed by atoms with Crippen molar-refractivity contribution in [2.24, 2.45) is 5.73 Å². The number of para-hydroxylation sites is 1. The Morgan fingerprint density at radius 3 is 3.07 bits per heavy atom. The molecule has 3 rings (SSSR count). The second-order valence-corrected chi connectivity index (χ2v) is 4.49. The zero-order valence-corrected chi connectivity index (χ0v) is 8.53. The highest BCUT2D eigenvalue weighted by atomic mass is 15.3. The van der Waals surface area contributed by atoms with E-state index in [1.54, 1.807) is 0 Å². The summed E-state index contributed by atoms with van der Waals surface area (Å²) in [6.45, 7) is 2.19. The molecule has 0 spiro atoms. The van der Waals surface area contributed by atoms with Gasteiger partial charge in [-0.25, -0.2) is 0 Å². The molecule has 0 radical (unpaired) electrons. The number of rotatable bonds is 0. The molecule has 2 heteroatoms. The first-order valence-corrected chi connectivity index (χ1v) is 5.40. The van der Waals surface area contributed by atoms with Crippen molar-refractivity contribution in [2.45, 2.75) is 38.4 Å². The number of hydrogen-bond donors (Lipinski definition) is 1. The molecular weight excluding hydrogens is 172 g/mol. The van der Waals surface area contributed by atoms with Crippen LogP contribution in [0.15, 0.2) is 18.2 Å². The van der Waals surface area contributed by atoms with Crippen LogP contribution in [0, 0.1) is 6.92 Å². The summed E-state index contributed by atoms with van der Waals surface area (Å²) in [5, 5.41) is 0. The predicted octanol–water partition coefficient (Wildman–Crippen LogP) is 1.80. The van der Waals surface area contributed by atoms with Gasteiger partial charge in [0, 0.05) is 11.7 Å². The molecule has 0 amide bonds. The number of anilines is 1. The molecule has 0 bridgehead atoms. The van der Waals surface area contributed by atoms with E-state index in [1.165, 1.54) is 29.7 Å². The Morgan fingerprint density at radius 2 is 2.21 bits per heavy atom. The number of benzene rings is 1. The molecule has 0 aromatic heterocycles. The quantitative estimate of drug-likeness (QED) is 0.672. The van der Waals surface area contributed by atoms with Gasteiger partial charge in [0.25, 0.3) is 0 Å². The van der Waals surface area contributed by atoms with Gasteiger partial charge >= 0.3 is 0 Å². The van der Waals surface area contributed by atoms with E-state index in [-0.39, 0.29) is 6.17 Å². The van der Waals surface area contributed by atoms with Crippen LogP contribution in [0.2, 0.25) is 0 Å². The van der Waals surface area contributed by atoms with E-state index in [0.717, 1.165) is 6.42 Å². The molecule has 0 saturated carbocycles. The summed E-state index contributed by atoms with van der Waals surface area (Å²) in [4.78, 5) is 2.44. The van der Waals surface area contributed by atoms with E-state index in [4.69, 9.17) is 5.73 Å². The number of hydrogen-bond acceptors (Lipinski definition) is 2. The number of nitrogens with zero attached hydrogens (tertiary/aromatic N) is 1. The van der Waals surface area contributed by atoms with E-state index in [0.29, 0.717) is 6.04 Å². The fourth-order valence-corrected chi connectivity index (χ4v) is 2.97. The van der Waals surface area contributed by atoms with Crippen molar-refractivity contribution >= 4 is 5.69 Å². The standard InChI is InChI=1S/C12H16N2/c1-8-3-2-4-9-7-10-5-6-11(13)14(10)12(8)9/h2-4,10-11H,5-7,13H2,1H3. The van der Waals surface area contributed by atoms with Crippen molar-refractivity contribution in [1.29, 1.82) is 0 Å². The molecule has 2 atom stereocenters. The number of fused-ring (bicyclic) bond motifs is 3. The summed E-state index contributed by atoms with van der Waals surface area (Å²) in [7, 11) is 0. The van der Waals surface area contributed by atoms with Crippen LogP contribution in [0.25, 0.3) is 0 Å². The largest absolute Gasteiger partial charge is 0.352 e. The number of nitrogens with two attached hydrogens (primary N) is 1. The van der Waals surface area contributed by atoms with Crippen molar-refractivity contribution in [2.75, 3.05) is 4.90 Å². The van der Waals surface area contributed by atoms with Crippen LogP contribution in [0.5, 0.6) is 0 Å². The second-order valence-electron chi connectivity index (χ2n) is 4.49. The smallest absolute Gasteiger partial charge is 0.0775 e. The molecule has 0 aliphatic carbocycles. The molecule has 2 aliphatic heterocycles. The van der Waals surface area contributed by atoms with Gasteiger partial charge in [0.1, 0.15) is 0 Å². The Kier molecular flexibility index (Phi) is 1.62.